The average molecular weight is 267 g/mol. The number of nitrogens with one attached hydrogen (secondary N) is 1. The molecule has 0 radical (unpaired) electrons. The Bertz CT molecular complexity index is 465. The van der Waals surface area contributed by atoms with E-state index in [1.165, 1.54) is 0 Å². The molecule has 5 heteroatoms. The summed E-state index contributed by atoms with van der Waals surface area (Å²) in [5.41, 5.74) is 5.36. The maximum atomic E-state index is 14.1. The van der Waals surface area contributed by atoms with Gasteiger partial charge in [-0.2, -0.15) is 0 Å². The number of halogens is 2. The highest BCUT2D eigenvalue weighted by Gasteiger charge is 2.21. The summed E-state index contributed by atoms with van der Waals surface area (Å²) >= 11 is 0. The Morgan fingerprint density at radius 1 is 1.26 bits per heavy atom. The summed E-state index contributed by atoms with van der Waals surface area (Å²) in [4.78, 5) is 1.76. The monoisotopic (exact) mass is 267 g/mol. The van der Waals surface area contributed by atoms with Gasteiger partial charge in [0.2, 0.25) is 0 Å². The molecule has 0 aliphatic carbocycles. The molecule has 1 heterocycles. The van der Waals surface area contributed by atoms with Crippen molar-refractivity contribution in [2.24, 2.45) is 11.7 Å². The van der Waals surface area contributed by atoms with Gasteiger partial charge in [0.15, 0.2) is 0 Å². The molecule has 104 valence electrons. The number of benzene rings is 1. The summed E-state index contributed by atoms with van der Waals surface area (Å²) in [6.45, 7) is 3.49. The van der Waals surface area contributed by atoms with Crippen molar-refractivity contribution in [3.63, 3.8) is 0 Å². The molecule has 0 amide bonds. The summed E-state index contributed by atoms with van der Waals surface area (Å²) in [5, 5.41) is 7.24. The SMILES string of the molecule is CC1CCCN(c2c(F)cc(C(=N)N)cc2F)CC1. The molecule has 0 saturated carbocycles. The van der Waals surface area contributed by atoms with E-state index in [0.29, 0.717) is 19.0 Å². The third-order valence-corrected chi connectivity index (χ3v) is 3.66. The molecule has 2 rings (SSSR count). The molecule has 0 aromatic heterocycles. The van der Waals surface area contributed by atoms with Gasteiger partial charge in [-0.05, 0) is 37.3 Å². The Morgan fingerprint density at radius 2 is 1.89 bits per heavy atom. The fraction of sp³-hybridized carbons (Fsp3) is 0.500. The molecular weight excluding hydrogens is 248 g/mol. The van der Waals surface area contributed by atoms with Crippen molar-refractivity contribution in [3.8, 4) is 0 Å². The number of anilines is 1. The molecule has 19 heavy (non-hydrogen) atoms. The van der Waals surface area contributed by atoms with Crippen LogP contribution in [0.3, 0.4) is 0 Å². The van der Waals surface area contributed by atoms with Crippen LogP contribution in [-0.4, -0.2) is 18.9 Å². The number of hydrogen-bond acceptors (Lipinski definition) is 2. The fourth-order valence-electron chi connectivity index (χ4n) is 2.51. The van der Waals surface area contributed by atoms with Crippen molar-refractivity contribution in [2.75, 3.05) is 18.0 Å². The first-order valence-corrected chi connectivity index (χ1v) is 6.57. The Hall–Kier alpha value is -1.65. The second-order valence-corrected chi connectivity index (χ2v) is 5.23. The topological polar surface area (TPSA) is 53.1 Å². The molecule has 1 aromatic carbocycles. The fourth-order valence-corrected chi connectivity index (χ4v) is 2.51. The van der Waals surface area contributed by atoms with Crippen molar-refractivity contribution in [1.29, 1.82) is 5.41 Å². The zero-order valence-electron chi connectivity index (χ0n) is 11.0. The molecule has 1 aliphatic rings. The minimum atomic E-state index is -0.639. The summed E-state index contributed by atoms with van der Waals surface area (Å²) in [6.07, 6.45) is 2.97. The zero-order chi connectivity index (χ0) is 14.0. The lowest BCUT2D eigenvalue weighted by Gasteiger charge is -2.24. The first-order valence-electron chi connectivity index (χ1n) is 6.57. The van der Waals surface area contributed by atoms with Crippen LogP contribution in [0.1, 0.15) is 31.7 Å². The van der Waals surface area contributed by atoms with Crippen LogP contribution in [0.15, 0.2) is 12.1 Å². The number of nitrogens with zero attached hydrogens (tertiary/aromatic N) is 1. The van der Waals surface area contributed by atoms with E-state index in [9.17, 15) is 8.78 Å². The molecule has 1 atom stereocenters. The molecule has 1 fully saturated rings. The molecule has 3 nitrogen and oxygen atoms in total. The predicted molar refractivity (Wildman–Crippen MR) is 72.6 cm³/mol. The van der Waals surface area contributed by atoms with E-state index in [0.717, 1.165) is 31.4 Å². The summed E-state index contributed by atoms with van der Waals surface area (Å²) in [6, 6.07) is 2.27. The van der Waals surface area contributed by atoms with Crippen LogP contribution in [0.2, 0.25) is 0 Å². The Balaban J connectivity index is 2.31. The van der Waals surface area contributed by atoms with Crippen molar-refractivity contribution in [2.45, 2.75) is 26.2 Å². The van der Waals surface area contributed by atoms with E-state index in [4.69, 9.17) is 11.1 Å². The van der Waals surface area contributed by atoms with Crippen molar-refractivity contribution in [1.82, 2.24) is 0 Å². The Morgan fingerprint density at radius 3 is 2.47 bits per heavy atom. The van der Waals surface area contributed by atoms with E-state index >= 15 is 0 Å². The molecule has 3 N–H and O–H groups in total. The van der Waals surface area contributed by atoms with Gasteiger partial charge in [0.05, 0.1) is 0 Å². The van der Waals surface area contributed by atoms with Crippen molar-refractivity contribution < 1.29 is 8.78 Å². The second-order valence-electron chi connectivity index (χ2n) is 5.23. The lowest BCUT2D eigenvalue weighted by molar-refractivity contribution is 0.520. The Kier molecular flexibility index (Phi) is 4.02. The maximum Gasteiger partial charge on any atom is 0.150 e. The number of amidine groups is 1. The van der Waals surface area contributed by atoms with Crippen LogP contribution < -0.4 is 10.6 Å². The van der Waals surface area contributed by atoms with Gasteiger partial charge in [-0.1, -0.05) is 6.92 Å². The van der Waals surface area contributed by atoms with Gasteiger partial charge in [-0.25, -0.2) is 8.78 Å². The van der Waals surface area contributed by atoms with Crippen LogP contribution in [0.4, 0.5) is 14.5 Å². The number of hydrogen-bond donors (Lipinski definition) is 2. The van der Waals surface area contributed by atoms with E-state index < -0.39 is 11.6 Å². The lowest BCUT2D eigenvalue weighted by atomic mass is 10.0. The highest BCUT2D eigenvalue weighted by molar-refractivity contribution is 5.95. The molecule has 0 spiro atoms. The van der Waals surface area contributed by atoms with Crippen molar-refractivity contribution in [3.05, 3.63) is 29.3 Å². The molecule has 1 unspecified atom stereocenters. The van der Waals surface area contributed by atoms with E-state index in [2.05, 4.69) is 6.92 Å². The molecule has 1 saturated heterocycles. The predicted octanol–water partition coefficient (Wildman–Crippen LogP) is 2.88. The largest absolute Gasteiger partial charge is 0.384 e. The smallest absolute Gasteiger partial charge is 0.150 e. The molecule has 1 aliphatic heterocycles. The van der Waals surface area contributed by atoms with E-state index in [1.54, 1.807) is 4.90 Å². The van der Waals surface area contributed by atoms with Crippen LogP contribution in [0.25, 0.3) is 0 Å². The van der Waals surface area contributed by atoms with Gasteiger partial charge in [-0.3, -0.25) is 5.41 Å². The van der Waals surface area contributed by atoms with Gasteiger partial charge in [0.1, 0.15) is 23.2 Å². The normalized spacial score (nSPS) is 20.2. The minimum absolute atomic E-state index is 0.0131. The molecule has 0 bridgehead atoms. The van der Waals surface area contributed by atoms with Gasteiger partial charge in [0, 0.05) is 18.7 Å². The number of nitrogens with two attached hydrogens (primary N) is 1. The van der Waals surface area contributed by atoms with Gasteiger partial charge in [0.25, 0.3) is 0 Å². The van der Waals surface area contributed by atoms with Gasteiger partial charge < -0.3 is 10.6 Å². The van der Waals surface area contributed by atoms with Crippen LogP contribution >= 0.6 is 0 Å². The summed E-state index contributed by atoms with van der Waals surface area (Å²) in [7, 11) is 0. The van der Waals surface area contributed by atoms with Crippen LogP contribution in [0.5, 0.6) is 0 Å². The molecule has 1 aromatic rings. The molecular formula is C14H19F2N3. The van der Waals surface area contributed by atoms with Crippen LogP contribution in [-0.2, 0) is 0 Å². The second kappa shape index (κ2) is 5.55. The van der Waals surface area contributed by atoms with Gasteiger partial charge in [-0.15, -0.1) is 0 Å². The first kappa shape index (κ1) is 13.8. The summed E-state index contributed by atoms with van der Waals surface area (Å²) in [5.74, 6) is -1.01. The third-order valence-electron chi connectivity index (χ3n) is 3.66. The average Bonchev–Trinajstić information content (AvgIpc) is 2.53. The zero-order valence-corrected chi connectivity index (χ0v) is 11.0. The maximum absolute atomic E-state index is 14.1. The minimum Gasteiger partial charge on any atom is -0.384 e. The quantitative estimate of drug-likeness (QED) is 0.639. The first-order chi connectivity index (χ1) is 8.99. The Labute approximate surface area is 111 Å². The van der Waals surface area contributed by atoms with E-state index in [1.807, 2.05) is 0 Å². The highest BCUT2D eigenvalue weighted by atomic mass is 19.1. The standard InChI is InChI=1S/C14H19F2N3/c1-9-3-2-5-19(6-4-9)13-11(15)7-10(14(17)18)8-12(13)16/h7-9H,2-6H2,1H3,(H3,17,18). The summed E-state index contributed by atoms with van der Waals surface area (Å²) < 4.78 is 28.1. The van der Waals surface area contributed by atoms with E-state index in [-0.39, 0.29) is 17.1 Å². The third kappa shape index (κ3) is 3.03. The highest BCUT2D eigenvalue weighted by Crippen LogP contribution is 2.28. The number of rotatable bonds is 2. The van der Waals surface area contributed by atoms with Gasteiger partial charge >= 0.3 is 0 Å². The van der Waals surface area contributed by atoms with Crippen molar-refractivity contribution >= 4 is 11.5 Å². The number of nitrogen functional groups attached to an aromatic ring is 1. The lowest BCUT2D eigenvalue weighted by Crippen LogP contribution is -2.27. The van der Waals surface area contributed by atoms with Crippen LogP contribution in [0, 0.1) is 23.0 Å².